The topological polar surface area (TPSA) is 106 Å². The van der Waals surface area contributed by atoms with Gasteiger partial charge in [0.25, 0.3) is 0 Å². The number of fused-ring (bicyclic) bond motifs is 1. The number of carbonyl (C=O) groups is 1. The van der Waals surface area contributed by atoms with Gasteiger partial charge in [0.2, 0.25) is 5.91 Å². The fraction of sp³-hybridized carbons (Fsp3) is 0.591. The maximum Gasteiger partial charge on any atom is 0.222 e. The highest BCUT2D eigenvalue weighted by Crippen LogP contribution is 2.51. The molecular formula is C22H30N6OS. The van der Waals surface area contributed by atoms with Crippen molar-refractivity contribution in [3.8, 4) is 0 Å². The molecule has 1 aromatic rings. The Hall–Kier alpha value is -2.22. The largest absolute Gasteiger partial charge is 0.366 e. The van der Waals surface area contributed by atoms with E-state index in [1.807, 2.05) is 11.8 Å². The van der Waals surface area contributed by atoms with E-state index in [9.17, 15) is 4.79 Å². The minimum Gasteiger partial charge on any atom is -0.366 e. The Bertz CT molecular complexity index is 926. The van der Waals surface area contributed by atoms with Gasteiger partial charge in [-0.3, -0.25) is 10.2 Å². The molecule has 1 aromatic heterocycles. The Kier molecular flexibility index (Phi) is 5.70. The number of amides is 1. The standard InChI is InChI=1S/C22H30N6OS/c1-4-5-6-7-16(29)28-10-22(11-28)8-15(9-22)27-21-19-18(25-12-26-21)17(20(24)30-19)13(2)14(3)23/h12,15,23-24H,4-11H2,1-3H3,(H,25,26,27)/b17-13-,23-14?,24-20?. The van der Waals surface area contributed by atoms with Crippen LogP contribution in [0.2, 0.25) is 0 Å². The summed E-state index contributed by atoms with van der Waals surface area (Å²) in [6, 6.07) is 0.342. The lowest BCUT2D eigenvalue weighted by Gasteiger charge is -2.59. The first-order valence-corrected chi connectivity index (χ1v) is 11.6. The van der Waals surface area contributed by atoms with Gasteiger partial charge in [-0.15, -0.1) is 0 Å². The van der Waals surface area contributed by atoms with E-state index in [4.69, 9.17) is 10.8 Å². The van der Waals surface area contributed by atoms with Crippen molar-refractivity contribution < 1.29 is 4.79 Å². The lowest BCUT2D eigenvalue weighted by molar-refractivity contribution is -0.150. The van der Waals surface area contributed by atoms with Crippen LogP contribution in [0, 0.1) is 16.2 Å². The summed E-state index contributed by atoms with van der Waals surface area (Å²) >= 11 is 1.37. The molecule has 1 spiro atoms. The number of anilines is 1. The number of hydrogen-bond acceptors (Lipinski definition) is 7. The second-order valence-corrected chi connectivity index (χ2v) is 9.93. The molecule has 1 amide bonds. The average Bonchev–Trinajstić information content (AvgIpc) is 2.98. The fourth-order valence-electron chi connectivity index (χ4n) is 4.71. The van der Waals surface area contributed by atoms with Crippen LogP contribution in [0.1, 0.15) is 65.0 Å². The summed E-state index contributed by atoms with van der Waals surface area (Å²) in [6.07, 6.45) is 7.61. The summed E-state index contributed by atoms with van der Waals surface area (Å²) in [5.74, 6) is 1.09. The Morgan fingerprint density at radius 2 is 2.03 bits per heavy atom. The van der Waals surface area contributed by atoms with Crippen LogP contribution in [-0.2, 0) is 4.79 Å². The normalized spacial score (nSPS) is 21.2. The second kappa shape index (κ2) is 8.13. The van der Waals surface area contributed by atoms with Gasteiger partial charge in [-0.25, -0.2) is 9.97 Å². The number of unbranched alkanes of at least 4 members (excludes halogenated alkanes) is 2. The molecule has 3 N–H and O–H groups in total. The molecule has 2 fully saturated rings. The second-order valence-electron chi connectivity index (χ2n) is 8.91. The minimum atomic E-state index is 0.285. The predicted octanol–water partition coefficient (Wildman–Crippen LogP) is 4.36. The summed E-state index contributed by atoms with van der Waals surface area (Å²) in [5.41, 5.74) is 3.03. The van der Waals surface area contributed by atoms with Gasteiger partial charge in [-0.05, 0) is 38.7 Å². The number of carbonyl (C=O) groups excluding carboxylic acids is 1. The van der Waals surface area contributed by atoms with Gasteiger partial charge in [-0.1, -0.05) is 31.5 Å². The third-order valence-corrected chi connectivity index (χ3v) is 7.51. The van der Waals surface area contributed by atoms with E-state index >= 15 is 0 Å². The number of nitrogens with zero attached hydrogens (tertiary/aromatic N) is 3. The molecule has 30 heavy (non-hydrogen) atoms. The Morgan fingerprint density at radius 3 is 2.70 bits per heavy atom. The SMILES string of the molecule is CCCCCC(=O)N1CC2(CC(Nc3ncnc4c3SC(=N)/C4=C(/C)C(C)=N)C2)C1. The predicted molar refractivity (Wildman–Crippen MR) is 121 cm³/mol. The minimum absolute atomic E-state index is 0.285. The average molecular weight is 427 g/mol. The van der Waals surface area contributed by atoms with E-state index in [-0.39, 0.29) is 5.41 Å². The van der Waals surface area contributed by atoms with Crippen molar-refractivity contribution in [2.75, 3.05) is 18.4 Å². The van der Waals surface area contributed by atoms with E-state index in [1.165, 1.54) is 11.8 Å². The highest BCUT2D eigenvalue weighted by Gasteiger charge is 2.53. The number of thioether (sulfide) groups is 1. The Balaban J connectivity index is 1.36. The molecule has 0 atom stereocenters. The first-order chi connectivity index (χ1) is 14.3. The Morgan fingerprint density at radius 1 is 1.30 bits per heavy atom. The quantitative estimate of drug-likeness (QED) is 0.444. The zero-order valence-electron chi connectivity index (χ0n) is 18.0. The van der Waals surface area contributed by atoms with E-state index in [0.717, 1.165) is 72.7 Å². The van der Waals surface area contributed by atoms with Crippen molar-refractivity contribution >= 4 is 39.8 Å². The highest BCUT2D eigenvalue weighted by atomic mass is 32.2. The molecule has 1 saturated heterocycles. The summed E-state index contributed by atoms with van der Waals surface area (Å²) in [7, 11) is 0. The summed E-state index contributed by atoms with van der Waals surface area (Å²) in [4.78, 5) is 24.0. The molecule has 4 rings (SSSR count). The molecule has 1 aliphatic carbocycles. The number of likely N-dealkylation sites (tertiary alicyclic amines) is 1. The van der Waals surface area contributed by atoms with Crippen LogP contribution in [0.15, 0.2) is 16.8 Å². The van der Waals surface area contributed by atoms with Crippen LogP contribution in [0.4, 0.5) is 5.82 Å². The van der Waals surface area contributed by atoms with Gasteiger partial charge in [-0.2, -0.15) is 0 Å². The van der Waals surface area contributed by atoms with E-state index in [0.29, 0.717) is 29.1 Å². The van der Waals surface area contributed by atoms with Crippen molar-refractivity contribution in [3.63, 3.8) is 0 Å². The molecule has 0 bridgehead atoms. The van der Waals surface area contributed by atoms with Gasteiger partial charge in [0, 0.05) is 42.3 Å². The van der Waals surface area contributed by atoms with E-state index in [2.05, 4.69) is 22.2 Å². The van der Waals surface area contributed by atoms with Crippen LogP contribution in [-0.4, -0.2) is 50.7 Å². The van der Waals surface area contributed by atoms with Gasteiger partial charge in [0.05, 0.1) is 10.6 Å². The van der Waals surface area contributed by atoms with E-state index < -0.39 is 0 Å². The van der Waals surface area contributed by atoms with Gasteiger partial charge in [0.15, 0.2) is 0 Å². The number of aromatic nitrogens is 2. The molecule has 7 nitrogen and oxygen atoms in total. The molecule has 8 heteroatoms. The molecule has 0 aromatic carbocycles. The van der Waals surface area contributed by atoms with Crippen molar-refractivity contribution in [1.82, 2.24) is 14.9 Å². The van der Waals surface area contributed by atoms with Crippen molar-refractivity contribution in [1.29, 1.82) is 10.8 Å². The zero-order chi connectivity index (χ0) is 21.5. The van der Waals surface area contributed by atoms with Crippen LogP contribution in [0.25, 0.3) is 5.57 Å². The molecule has 0 unspecified atom stereocenters. The maximum absolute atomic E-state index is 12.2. The fourth-order valence-corrected chi connectivity index (χ4v) is 5.73. The molecule has 3 aliphatic rings. The van der Waals surface area contributed by atoms with Gasteiger partial charge in [0.1, 0.15) is 17.2 Å². The summed E-state index contributed by atoms with van der Waals surface area (Å²) < 4.78 is 0. The lowest BCUT2D eigenvalue weighted by atomic mass is 9.60. The number of allylic oxidation sites excluding steroid dienone is 1. The maximum atomic E-state index is 12.2. The molecule has 160 valence electrons. The number of hydrogen-bond donors (Lipinski definition) is 3. The van der Waals surface area contributed by atoms with Crippen molar-refractivity contribution in [2.45, 2.75) is 70.2 Å². The summed E-state index contributed by atoms with van der Waals surface area (Å²) in [5, 5.41) is 20.2. The van der Waals surface area contributed by atoms with E-state index in [1.54, 1.807) is 13.3 Å². The van der Waals surface area contributed by atoms with Crippen LogP contribution >= 0.6 is 11.8 Å². The molecule has 0 radical (unpaired) electrons. The smallest absolute Gasteiger partial charge is 0.222 e. The van der Waals surface area contributed by atoms with Crippen molar-refractivity contribution in [3.05, 3.63) is 17.6 Å². The number of rotatable bonds is 7. The first kappa shape index (κ1) is 21.0. The first-order valence-electron chi connectivity index (χ1n) is 10.8. The van der Waals surface area contributed by atoms with Gasteiger partial charge >= 0.3 is 0 Å². The monoisotopic (exact) mass is 426 g/mol. The van der Waals surface area contributed by atoms with Crippen LogP contribution in [0.5, 0.6) is 0 Å². The molecule has 3 heterocycles. The highest BCUT2D eigenvalue weighted by molar-refractivity contribution is 8.15. The third kappa shape index (κ3) is 3.77. The van der Waals surface area contributed by atoms with Gasteiger partial charge < -0.3 is 15.6 Å². The third-order valence-electron chi connectivity index (χ3n) is 6.51. The van der Waals surface area contributed by atoms with Crippen molar-refractivity contribution in [2.24, 2.45) is 5.41 Å². The van der Waals surface area contributed by atoms with Crippen LogP contribution in [0.3, 0.4) is 0 Å². The molecule has 1 saturated carbocycles. The van der Waals surface area contributed by atoms with Crippen LogP contribution < -0.4 is 5.32 Å². The summed E-state index contributed by atoms with van der Waals surface area (Å²) in [6.45, 7) is 7.55. The molecular weight excluding hydrogens is 396 g/mol. The lowest BCUT2D eigenvalue weighted by Crippen LogP contribution is -2.66. The Labute approximate surface area is 182 Å². The molecule has 2 aliphatic heterocycles. The number of nitrogens with one attached hydrogen (secondary N) is 3. The zero-order valence-corrected chi connectivity index (χ0v) is 18.8.